The lowest BCUT2D eigenvalue weighted by Crippen LogP contribution is -2.26. The van der Waals surface area contributed by atoms with Gasteiger partial charge in [-0.1, -0.05) is 39.0 Å². The lowest BCUT2D eigenvalue weighted by molar-refractivity contribution is -0.138. The third-order valence-corrected chi connectivity index (χ3v) is 3.68. The van der Waals surface area contributed by atoms with Crippen LogP contribution >= 0.6 is 0 Å². The Morgan fingerprint density at radius 3 is 2.42 bits per heavy atom. The van der Waals surface area contributed by atoms with Crippen molar-refractivity contribution in [3.63, 3.8) is 0 Å². The molecule has 2 unspecified atom stereocenters. The number of carbonyl (C=O) groups is 1. The number of aryl methyl sites for hydroxylation is 1. The number of carboxylic acids is 1. The molecule has 0 spiro atoms. The molecule has 106 valence electrons. The summed E-state index contributed by atoms with van der Waals surface area (Å²) in [4.78, 5) is 10.9. The molecular formula is C16H25NO2. The zero-order valence-electron chi connectivity index (χ0n) is 12.5. The molecule has 0 fully saturated rings. The number of nitrogens with one attached hydrogen (secondary N) is 1. The van der Waals surface area contributed by atoms with Gasteiger partial charge in [0, 0.05) is 12.5 Å². The molecule has 0 aliphatic heterocycles. The maximum atomic E-state index is 10.9. The Morgan fingerprint density at radius 2 is 1.95 bits per heavy atom. The summed E-state index contributed by atoms with van der Waals surface area (Å²) in [7, 11) is 1.89. The number of aliphatic carboxylic acids is 1. The number of benzene rings is 1. The van der Waals surface area contributed by atoms with Crippen molar-refractivity contribution >= 4 is 5.97 Å². The molecule has 0 saturated carbocycles. The highest BCUT2D eigenvalue weighted by molar-refractivity contribution is 5.67. The first-order valence-corrected chi connectivity index (χ1v) is 6.86. The number of carboxylic acid groups (broad SMARTS) is 1. The van der Waals surface area contributed by atoms with Crippen molar-refractivity contribution in [3.05, 3.63) is 34.9 Å². The summed E-state index contributed by atoms with van der Waals surface area (Å²) in [6.45, 7) is 8.40. The fourth-order valence-corrected chi connectivity index (χ4v) is 2.49. The first-order chi connectivity index (χ1) is 8.86. The van der Waals surface area contributed by atoms with Gasteiger partial charge in [-0.25, -0.2) is 0 Å². The summed E-state index contributed by atoms with van der Waals surface area (Å²) in [5.41, 5.74) is 3.71. The molecule has 0 heterocycles. The van der Waals surface area contributed by atoms with Crippen molar-refractivity contribution in [3.8, 4) is 0 Å². The Kier molecular flexibility index (Phi) is 5.55. The fraction of sp³-hybridized carbons (Fsp3) is 0.562. The minimum atomic E-state index is -0.745. The standard InChI is InChI=1S/C16H25NO2/c1-10(2)13-7-6-11(3)14(9-13)16(17-5)12(4)8-15(18)19/h6-7,9-10,12,16-17H,8H2,1-5H3,(H,18,19). The predicted molar refractivity (Wildman–Crippen MR) is 78.5 cm³/mol. The first-order valence-electron chi connectivity index (χ1n) is 6.86. The molecule has 1 rings (SSSR count). The van der Waals surface area contributed by atoms with Gasteiger partial charge in [0.1, 0.15) is 0 Å². The third-order valence-electron chi connectivity index (χ3n) is 3.68. The van der Waals surface area contributed by atoms with E-state index in [4.69, 9.17) is 5.11 Å². The van der Waals surface area contributed by atoms with E-state index in [1.165, 1.54) is 16.7 Å². The van der Waals surface area contributed by atoms with Crippen LogP contribution in [0, 0.1) is 12.8 Å². The van der Waals surface area contributed by atoms with Gasteiger partial charge in [-0.15, -0.1) is 0 Å². The molecule has 19 heavy (non-hydrogen) atoms. The van der Waals surface area contributed by atoms with Gasteiger partial charge in [0.2, 0.25) is 0 Å². The molecule has 1 aromatic rings. The Bertz CT molecular complexity index is 440. The number of hydrogen-bond acceptors (Lipinski definition) is 2. The van der Waals surface area contributed by atoms with Crippen LogP contribution < -0.4 is 5.32 Å². The van der Waals surface area contributed by atoms with Crippen molar-refractivity contribution in [2.24, 2.45) is 5.92 Å². The second-order valence-electron chi connectivity index (χ2n) is 5.61. The molecule has 0 aliphatic rings. The summed E-state index contributed by atoms with van der Waals surface area (Å²) in [6, 6.07) is 6.56. The molecule has 1 aromatic carbocycles. The maximum absolute atomic E-state index is 10.9. The summed E-state index contributed by atoms with van der Waals surface area (Å²) < 4.78 is 0. The van der Waals surface area contributed by atoms with Crippen LogP contribution in [-0.2, 0) is 4.79 Å². The Balaban J connectivity index is 3.09. The van der Waals surface area contributed by atoms with Crippen LogP contribution in [0.15, 0.2) is 18.2 Å². The van der Waals surface area contributed by atoms with Gasteiger partial charge in [0.05, 0.1) is 0 Å². The van der Waals surface area contributed by atoms with Crippen LogP contribution in [0.1, 0.15) is 55.8 Å². The largest absolute Gasteiger partial charge is 0.481 e. The highest BCUT2D eigenvalue weighted by Crippen LogP contribution is 2.29. The molecule has 0 saturated heterocycles. The molecule has 2 N–H and O–H groups in total. The van der Waals surface area contributed by atoms with Crippen LogP contribution in [0.2, 0.25) is 0 Å². The van der Waals surface area contributed by atoms with Gasteiger partial charge in [-0.3, -0.25) is 4.79 Å². The molecule has 3 nitrogen and oxygen atoms in total. The summed E-state index contributed by atoms with van der Waals surface area (Å²) in [6.07, 6.45) is 0.177. The molecular weight excluding hydrogens is 238 g/mol. The predicted octanol–water partition coefficient (Wildman–Crippen LogP) is 3.49. The van der Waals surface area contributed by atoms with Gasteiger partial charge >= 0.3 is 5.97 Å². The lowest BCUT2D eigenvalue weighted by atomic mass is 9.87. The Morgan fingerprint density at radius 1 is 1.32 bits per heavy atom. The Hall–Kier alpha value is -1.35. The SMILES string of the molecule is CNC(c1cc(C(C)C)ccc1C)C(C)CC(=O)O. The molecule has 3 heteroatoms. The highest BCUT2D eigenvalue weighted by atomic mass is 16.4. The van der Waals surface area contributed by atoms with E-state index in [-0.39, 0.29) is 18.4 Å². The lowest BCUT2D eigenvalue weighted by Gasteiger charge is -2.25. The van der Waals surface area contributed by atoms with E-state index in [2.05, 4.69) is 44.3 Å². The maximum Gasteiger partial charge on any atom is 0.303 e. The van der Waals surface area contributed by atoms with Crippen LogP contribution in [0.25, 0.3) is 0 Å². The molecule has 0 amide bonds. The topological polar surface area (TPSA) is 49.3 Å². The van der Waals surface area contributed by atoms with E-state index in [0.29, 0.717) is 5.92 Å². The van der Waals surface area contributed by atoms with Crippen molar-refractivity contribution in [1.29, 1.82) is 0 Å². The van der Waals surface area contributed by atoms with E-state index in [0.717, 1.165) is 0 Å². The Labute approximate surface area is 116 Å². The van der Waals surface area contributed by atoms with Gasteiger partial charge < -0.3 is 10.4 Å². The monoisotopic (exact) mass is 263 g/mol. The minimum absolute atomic E-state index is 0.0589. The van der Waals surface area contributed by atoms with E-state index < -0.39 is 5.97 Å². The summed E-state index contributed by atoms with van der Waals surface area (Å²) in [5, 5.41) is 12.2. The fourth-order valence-electron chi connectivity index (χ4n) is 2.49. The first kappa shape index (κ1) is 15.7. The van der Waals surface area contributed by atoms with Gasteiger partial charge in [0.15, 0.2) is 0 Å². The number of hydrogen-bond donors (Lipinski definition) is 2. The van der Waals surface area contributed by atoms with Crippen molar-refractivity contribution in [2.45, 2.75) is 46.1 Å². The highest BCUT2D eigenvalue weighted by Gasteiger charge is 2.22. The van der Waals surface area contributed by atoms with E-state index in [1.807, 2.05) is 14.0 Å². The number of rotatable bonds is 6. The smallest absolute Gasteiger partial charge is 0.303 e. The van der Waals surface area contributed by atoms with Crippen molar-refractivity contribution in [1.82, 2.24) is 5.32 Å². The van der Waals surface area contributed by atoms with Crippen molar-refractivity contribution in [2.75, 3.05) is 7.05 Å². The van der Waals surface area contributed by atoms with Crippen LogP contribution in [0.4, 0.5) is 0 Å². The zero-order valence-corrected chi connectivity index (χ0v) is 12.5. The van der Waals surface area contributed by atoms with Crippen LogP contribution in [0.3, 0.4) is 0 Å². The quantitative estimate of drug-likeness (QED) is 0.826. The van der Waals surface area contributed by atoms with Crippen molar-refractivity contribution < 1.29 is 9.90 Å². The van der Waals surface area contributed by atoms with Gasteiger partial charge in [0.25, 0.3) is 0 Å². The van der Waals surface area contributed by atoms with E-state index >= 15 is 0 Å². The summed E-state index contributed by atoms with van der Waals surface area (Å²) >= 11 is 0. The molecule has 0 bridgehead atoms. The molecule has 2 atom stereocenters. The third kappa shape index (κ3) is 4.06. The average Bonchev–Trinajstić information content (AvgIpc) is 2.31. The van der Waals surface area contributed by atoms with E-state index in [1.54, 1.807) is 0 Å². The summed E-state index contributed by atoms with van der Waals surface area (Å²) in [5.74, 6) is -0.208. The van der Waals surface area contributed by atoms with E-state index in [9.17, 15) is 4.79 Å². The van der Waals surface area contributed by atoms with Crippen LogP contribution in [0.5, 0.6) is 0 Å². The van der Waals surface area contributed by atoms with Gasteiger partial charge in [-0.05, 0) is 42.5 Å². The second kappa shape index (κ2) is 6.71. The average molecular weight is 263 g/mol. The molecule has 0 radical (unpaired) electrons. The van der Waals surface area contributed by atoms with Crippen LogP contribution in [-0.4, -0.2) is 18.1 Å². The van der Waals surface area contributed by atoms with Gasteiger partial charge in [-0.2, -0.15) is 0 Å². The second-order valence-corrected chi connectivity index (χ2v) is 5.61. The zero-order chi connectivity index (χ0) is 14.6. The minimum Gasteiger partial charge on any atom is -0.481 e. The normalized spacial score (nSPS) is 14.4. The molecule has 0 aliphatic carbocycles. The molecule has 0 aromatic heterocycles.